The number of hydrogen-bond acceptors (Lipinski definition) is 11. The number of aromatic hydroxyl groups is 2. The van der Waals surface area contributed by atoms with Crippen LogP contribution in [-0.2, 0) is 19.1 Å². The average Bonchev–Trinajstić information content (AvgIpc) is 3.63. The Morgan fingerprint density at radius 2 is 1.24 bits per heavy atom. The molecule has 2 heterocycles. The predicted octanol–water partition coefficient (Wildman–Crippen LogP) is 8.84. The molecule has 226 valence electrons. The lowest BCUT2D eigenvalue weighted by molar-refractivity contribution is -0.141. The summed E-state index contributed by atoms with van der Waals surface area (Å²) >= 11 is 4.08. The van der Waals surface area contributed by atoms with Crippen LogP contribution in [0.2, 0.25) is 0 Å². The van der Waals surface area contributed by atoms with Crippen LogP contribution >= 0.6 is 47.0 Å². The summed E-state index contributed by atoms with van der Waals surface area (Å²) < 4.78 is 11.6. The highest BCUT2D eigenvalue weighted by Gasteiger charge is 2.38. The molecule has 1 aromatic carbocycles. The van der Waals surface area contributed by atoms with E-state index in [4.69, 9.17) is 16.0 Å². The second kappa shape index (κ2) is 16.5. The second-order valence-corrected chi connectivity index (χ2v) is 14.6. The van der Waals surface area contributed by atoms with Crippen LogP contribution < -0.4 is 0 Å². The van der Waals surface area contributed by atoms with E-state index in [0.29, 0.717) is 28.1 Å². The molecule has 2 aliphatic rings. The third-order valence-corrected chi connectivity index (χ3v) is 12.3. The SMILES string of the molecule is [C-]#[N+]C(C(=O)OCC(CC)CCCC)=C1Sc2c(O)c3c(c(O)c2S1)SC(=C(C#N)C(=O)OCC(CC)CCCC)S3. The third kappa shape index (κ3) is 7.96. The number of benzene rings is 1. The van der Waals surface area contributed by atoms with Crippen LogP contribution in [0.5, 0.6) is 11.5 Å². The van der Waals surface area contributed by atoms with Gasteiger partial charge < -0.3 is 19.7 Å². The molecule has 42 heavy (non-hydrogen) atoms. The van der Waals surface area contributed by atoms with E-state index in [1.54, 1.807) is 0 Å². The standard InChI is InChI=1S/C30H36N2O6S4/c1-6-10-12-17(8-3)15-37-27(35)19(14-31)29-39-23-21(33)25-26(22(34)24(23)40-29)42-30(41-25)20(32-5)28(36)38-16-18(9-4)13-11-7-2/h17-18,33-34H,6-13,15-16H2,1-4H3. The molecular weight excluding hydrogens is 613 g/mol. The Morgan fingerprint density at radius 3 is 1.62 bits per heavy atom. The number of nitrogens with zero attached hydrogens (tertiary/aromatic N) is 2. The lowest BCUT2D eigenvalue weighted by Crippen LogP contribution is -2.15. The Balaban J connectivity index is 1.79. The number of carbonyl (C=O) groups excluding carboxylic acids is 2. The minimum absolute atomic E-state index is 0.141. The van der Waals surface area contributed by atoms with E-state index in [1.165, 1.54) is 0 Å². The van der Waals surface area contributed by atoms with Gasteiger partial charge >= 0.3 is 11.9 Å². The monoisotopic (exact) mass is 648 g/mol. The zero-order valence-electron chi connectivity index (χ0n) is 24.3. The van der Waals surface area contributed by atoms with E-state index in [2.05, 4.69) is 18.7 Å². The van der Waals surface area contributed by atoms with Crippen LogP contribution in [-0.4, -0.2) is 35.4 Å². The number of fused-ring (bicyclic) bond motifs is 2. The molecule has 2 aliphatic heterocycles. The number of thioether (sulfide) groups is 4. The van der Waals surface area contributed by atoms with Crippen molar-refractivity contribution in [1.82, 2.24) is 0 Å². The van der Waals surface area contributed by atoms with E-state index in [-0.39, 0.29) is 47.8 Å². The fourth-order valence-electron chi connectivity index (χ4n) is 4.30. The predicted molar refractivity (Wildman–Crippen MR) is 168 cm³/mol. The van der Waals surface area contributed by atoms with Gasteiger partial charge in [-0.2, -0.15) is 5.26 Å². The van der Waals surface area contributed by atoms with E-state index in [1.807, 2.05) is 19.9 Å². The summed E-state index contributed by atoms with van der Waals surface area (Å²) in [6.45, 7) is 16.4. The Bertz CT molecular complexity index is 1200. The largest absolute Gasteiger partial charge is 0.505 e. The van der Waals surface area contributed by atoms with Crippen LogP contribution in [0.4, 0.5) is 0 Å². The number of carbonyl (C=O) groups is 2. The Morgan fingerprint density at radius 1 is 0.810 bits per heavy atom. The molecule has 3 rings (SSSR count). The van der Waals surface area contributed by atoms with Crippen molar-refractivity contribution < 1.29 is 29.3 Å². The van der Waals surface area contributed by atoms with Gasteiger partial charge in [-0.1, -0.05) is 113 Å². The molecule has 0 saturated carbocycles. The minimum atomic E-state index is -0.726. The van der Waals surface area contributed by atoms with Crippen molar-refractivity contribution in [3.8, 4) is 17.6 Å². The van der Waals surface area contributed by atoms with E-state index in [9.17, 15) is 25.1 Å². The van der Waals surface area contributed by atoms with E-state index in [0.717, 1.165) is 98.4 Å². The minimum Gasteiger partial charge on any atom is -0.505 e. The maximum atomic E-state index is 12.8. The number of ether oxygens (including phenoxy) is 2. The molecule has 0 bridgehead atoms. The maximum absolute atomic E-state index is 12.8. The summed E-state index contributed by atoms with van der Waals surface area (Å²) in [6, 6.07) is 1.93. The molecule has 0 amide bonds. The number of nitriles is 1. The van der Waals surface area contributed by atoms with E-state index >= 15 is 0 Å². The molecule has 0 aromatic heterocycles. The number of phenols is 2. The molecule has 0 fully saturated rings. The average molecular weight is 649 g/mol. The zero-order valence-corrected chi connectivity index (χ0v) is 27.5. The number of rotatable bonds is 14. The molecule has 0 saturated heterocycles. The number of esters is 2. The highest BCUT2D eigenvalue weighted by molar-refractivity contribution is 8.26. The third-order valence-electron chi connectivity index (χ3n) is 7.06. The van der Waals surface area contributed by atoms with Crippen LogP contribution in [0.1, 0.15) is 79.1 Å². The number of unbranched alkanes of at least 4 members (excludes halogenated alkanes) is 2. The first-order valence-corrected chi connectivity index (χ1v) is 17.4. The summed E-state index contributed by atoms with van der Waals surface area (Å²) in [7, 11) is 0. The lowest BCUT2D eigenvalue weighted by atomic mass is 10.0. The van der Waals surface area contributed by atoms with Crippen molar-refractivity contribution in [3.05, 3.63) is 31.2 Å². The van der Waals surface area contributed by atoms with E-state index < -0.39 is 11.9 Å². The first kappa shape index (κ1) is 34.1. The molecule has 1 aromatic rings. The van der Waals surface area contributed by atoms with Gasteiger partial charge in [-0.3, -0.25) is 4.79 Å². The lowest BCUT2D eigenvalue weighted by Gasteiger charge is -2.14. The molecular formula is C30H36N2O6S4. The van der Waals surface area contributed by atoms with Gasteiger partial charge in [0.2, 0.25) is 0 Å². The molecule has 12 heteroatoms. The van der Waals surface area contributed by atoms with Gasteiger partial charge in [0.25, 0.3) is 5.70 Å². The topological polar surface area (TPSA) is 121 Å². The fraction of sp³-hybridized carbons (Fsp3) is 0.533. The number of phenolic OH excluding ortho intramolecular Hbond substituents is 2. The van der Waals surface area contributed by atoms with Crippen molar-refractivity contribution in [2.24, 2.45) is 11.8 Å². The zero-order chi connectivity index (χ0) is 30.8. The molecule has 2 atom stereocenters. The first-order chi connectivity index (χ1) is 20.2. The molecule has 2 N–H and O–H groups in total. The molecule has 0 radical (unpaired) electrons. The van der Waals surface area contributed by atoms with Gasteiger partial charge in [-0.25, -0.2) is 9.64 Å². The first-order valence-electron chi connectivity index (χ1n) is 14.2. The highest BCUT2D eigenvalue weighted by atomic mass is 32.2. The van der Waals surface area contributed by atoms with Gasteiger partial charge in [0.05, 0.1) is 47.8 Å². The van der Waals surface area contributed by atoms with Gasteiger partial charge in [0, 0.05) is 0 Å². The van der Waals surface area contributed by atoms with Gasteiger partial charge in [-0.05, 0) is 24.7 Å². The normalized spacial score (nSPS) is 14.8. The van der Waals surface area contributed by atoms with Crippen LogP contribution in [0.3, 0.4) is 0 Å². The Hall–Kier alpha value is -2.38. The van der Waals surface area contributed by atoms with Crippen LogP contribution in [0.25, 0.3) is 4.85 Å². The van der Waals surface area contributed by atoms with Crippen molar-refractivity contribution in [3.63, 3.8) is 0 Å². The van der Waals surface area contributed by atoms with Gasteiger partial charge in [0.15, 0.2) is 5.57 Å². The Kier molecular flexibility index (Phi) is 13.4. The van der Waals surface area contributed by atoms with Crippen LogP contribution in [0, 0.1) is 29.7 Å². The smallest absolute Gasteiger partial charge is 0.350 e. The highest BCUT2D eigenvalue weighted by Crippen LogP contribution is 2.67. The summed E-state index contributed by atoms with van der Waals surface area (Å²) in [5.74, 6) is -1.28. The molecule has 2 unspecified atom stereocenters. The van der Waals surface area contributed by atoms with Crippen molar-refractivity contribution in [2.45, 2.75) is 98.6 Å². The van der Waals surface area contributed by atoms with Gasteiger partial charge in [0.1, 0.15) is 17.6 Å². The van der Waals surface area contributed by atoms with Crippen molar-refractivity contribution >= 4 is 59.0 Å². The summed E-state index contributed by atoms with van der Waals surface area (Å²) in [4.78, 5) is 30.3. The van der Waals surface area contributed by atoms with Crippen molar-refractivity contribution in [1.29, 1.82) is 5.26 Å². The molecule has 8 nitrogen and oxygen atoms in total. The quantitative estimate of drug-likeness (QED) is 0.0661. The summed E-state index contributed by atoms with van der Waals surface area (Å²) in [5.41, 5.74) is -0.362. The van der Waals surface area contributed by atoms with Crippen molar-refractivity contribution in [2.75, 3.05) is 13.2 Å². The maximum Gasteiger partial charge on any atom is 0.350 e. The summed E-state index contributed by atoms with van der Waals surface area (Å²) in [5, 5.41) is 32.0. The molecule has 0 aliphatic carbocycles. The molecule has 0 spiro atoms. The summed E-state index contributed by atoms with van der Waals surface area (Å²) in [6.07, 6.45) is 7.81. The Labute approximate surface area is 264 Å². The fourth-order valence-corrected chi connectivity index (χ4v) is 9.47. The van der Waals surface area contributed by atoms with Crippen LogP contribution in [0.15, 0.2) is 39.3 Å². The second-order valence-electron chi connectivity index (χ2n) is 9.97. The van der Waals surface area contributed by atoms with Gasteiger partial charge in [-0.15, -0.1) is 0 Å². The number of hydrogen-bond donors (Lipinski definition) is 2.